The number of hydrogen-bond acceptors (Lipinski definition) is 6. The van der Waals surface area contributed by atoms with Crippen LogP contribution in [0.1, 0.15) is 19.4 Å². The van der Waals surface area contributed by atoms with E-state index in [0.29, 0.717) is 12.5 Å². The molecule has 4 aromatic rings. The first-order valence-corrected chi connectivity index (χ1v) is 9.76. The van der Waals surface area contributed by atoms with Crippen molar-refractivity contribution in [2.24, 2.45) is 0 Å². The zero-order valence-electron chi connectivity index (χ0n) is 17.2. The first-order chi connectivity index (χ1) is 14.5. The monoisotopic (exact) mass is 401 g/mol. The molecule has 8 heteroatoms. The molecule has 8 nitrogen and oxygen atoms in total. The second-order valence-electron chi connectivity index (χ2n) is 7.02. The molecule has 0 radical (unpaired) electrons. The maximum absolute atomic E-state index is 11.4. The lowest BCUT2D eigenvalue weighted by atomic mass is 10.2. The Balaban J connectivity index is 1.59. The Kier molecular flexibility index (Phi) is 5.38. The van der Waals surface area contributed by atoms with Crippen molar-refractivity contribution in [2.75, 3.05) is 12.4 Å². The molecule has 0 atom stereocenters. The van der Waals surface area contributed by atoms with Crippen LogP contribution in [0.3, 0.4) is 0 Å². The number of amides is 1. The fraction of sp³-hybridized carbons (Fsp3) is 0.227. The summed E-state index contributed by atoms with van der Waals surface area (Å²) in [5.41, 5.74) is 4.45. The van der Waals surface area contributed by atoms with Crippen molar-refractivity contribution >= 4 is 28.7 Å². The average Bonchev–Trinajstić information content (AvgIpc) is 3.13. The number of hydrogen-bond donors (Lipinski definition) is 1. The number of fused-ring (bicyclic) bond motifs is 1. The van der Waals surface area contributed by atoms with Crippen LogP contribution >= 0.6 is 0 Å². The summed E-state index contributed by atoms with van der Waals surface area (Å²) in [7, 11) is 1.79. The van der Waals surface area contributed by atoms with Gasteiger partial charge in [0, 0.05) is 50.7 Å². The molecule has 1 amide bonds. The molecule has 0 saturated carbocycles. The quantitative estimate of drug-likeness (QED) is 0.531. The van der Waals surface area contributed by atoms with Gasteiger partial charge in [-0.3, -0.25) is 9.78 Å². The molecule has 1 N–H and O–H groups in total. The first-order valence-electron chi connectivity index (χ1n) is 9.76. The molecule has 0 aliphatic carbocycles. The van der Waals surface area contributed by atoms with Gasteiger partial charge in [-0.15, -0.1) is 0 Å². The lowest BCUT2D eigenvalue weighted by Crippen LogP contribution is -2.22. The van der Waals surface area contributed by atoms with E-state index < -0.39 is 0 Å². The standard InChI is InChI=1S/C22H23N7O/c1-4-29-20(17-9-11-23-12-10-17)26-19-13-24-22(27-21(19)29)25-18-7-5-16(6-8-18)14-28(3)15(2)30/h5-13H,4,14H2,1-3H3,(H,24,25,27). The Labute approximate surface area is 174 Å². The summed E-state index contributed by atoms with van der Waals surface area (Å²) in [6.07, 6.45) is 5.24. The molecule has 4 rings (SSSR count). The molecule has 3 heterocycles. The van der Waals surface area contributed by atoms with Gasteiger partial charge in [0.1, 0.15) is 11.3 Å². The molecule has 0 fully saturated rings. The van der Waals surface area contributed by atoms with Gasteiger partial charge in [0.15, 0.2) is 5.65 Å². The highest BCUT2D eigenvalue weighted by molar-refractivity contribution is 5.78. The van der Waals surface area contributed by atoms with Crippen LogP contribution in [0.5, 0.6) is 0 Å². The number of carbonyl (C=O) groups is 1. The lowest BCUT2D eigenvalue weighted by Gasteiger charge is -2.15. The van der Waals surface area contributed by atoms with E-state index in [1.807, 2.05) is 36.4 Å². The van der Waals surface area contributed by atoms with Gasteiger partial charge in [-0.05, 0) is 36.8 Å². The zero-order valence-corrected chi connectivity index (χ0v) is 17.2. The smallest absolute Gasteiger partial charge is 0.229 e. The second-order valence-corrected chi connectivity index (χ2v) is 7.02. The van der Waals surface area contributed by atoms with Crippen molar-refractivity contribution in [3.8, 4) is 11.4 Å². The lowest BCUT2D eigenvalue weighted by molar-refractivity contribution is -0.128. The first kappa shape index (κ1) is 19.5. The van der Waals surface area contributed by atoms with Crippen LogP contribution in [-0.2, 0) is 17.9 Å². The van der Waals surface area contributed by atoms with Crippen molar-refractivity contribution in [1.29, 1.82) is 0 Å². The molecule has 1 aromatic carbocycles. The van der Waals surface area contributed by atoms with Crippen LogP contribution in [0.2, 0.25) is 0 Å². The van der Waals surface area contributed by atoms with E-state index in [9.17, 15) is 4.79 Å². The summed E-state index contributed by atoms with van der Waals surface area (Å²) in [6.45, 7) is 4.94. The summed E-state index contributed by atoms with van der Waals surface area (Å²) in [5, 5.41) is 3.25. The summed E-state index contributed by atoms with van der Waals surface area (Å²) < 4.78 is 2.07. The fourth-order valence-corrected chi connectivity index (χ4v) is 3.21. The van der Waals surface area contributed by atoms with Gasteiger partial charge in [-0.1, -0.05) is 12.1 Å². The van der Waals surface area contributed by atoms with Crippen molar-refractivity contribution in [1.82, 2.24) is 29.4 Å². The molecule has 0 saturated heterocycles. The van der Waals surface area contributed by atoms with E-state index in [0.717, 1.165) is 40.3 Å². The van der Waals surface area contributed by atoms with Crippen molar-refractivity contribution in [3.63, 3.8) is 0 Å². The van der Waals surface area contributed by atoms with Gasteiger partial charge >= 0.3 is 0 Å². The molecular formula is C22H23N7O. The number of carbonyl (C=O) groups excluding carboxylic acids is 1. The predicted molar refractivity (Wildman–Crippen MR) is 116 cm³/mol. The number of anilines is 2. The van der Waals surface area contributed by atoms with Gasteiger partial charge in [0.25, 0.3) is 0 Å². The minimum atomic E-state index is 0.0394. The minimum absolute atomic E-state index is 0.0394. The van der Waals surface area contributed by atoms with E-state index in [4.69, 9.17) is 9.97 Å². The van der Waals surface area contributed by atoms with Crippen LogP contribution in [0.4, 0.5) is 11.6 Å². The summed E-state index contributed by atoms with van der Waals surface area (Å²) >= 11 is 0. The number of aryl methyl sites for hydroxylation is 1. The molecular weight excluding hydrogens is 378 g/mol. The SMILES string of the molecule is CCn1c(-c2ccncc2)nc2cnc(Nc3ccc(CN(C)C(C)=O)cc3)nc21. The van der Waals surface area contributed by atoms with Gasteiger partial charge < -0.3 is 14.8 Å². The highest BCUT2D eigenvalue weighted by Gasteiger charge is 2.14. The number of nitrogens with one attached hydrogen (secondary N) is 1. The normalized spacial score (nSPS) is 10.9. The number of benzene rings is 1. The fourth-order valence-electron chi connectivity index (χ4n) is 3.21. The van der Waals surface area contributed by atoms with Gasteiger partial charge in [0.05, 0.1) is 6.20 Å². The van der Waals surface area contributed by atoms with E-state index in [-0.39, 0.29) is 5.91 Å². The third-order valence-corrected chi connectivity index (χ3v) is 4.91. The maximum atomic E-state index is 11.4. The Morgan fingerprint density at radius 1 is 1.10 bits per heavy atom. The molecule has 0 spiro atoms. The van der Waals surface area contributed by atoms with E-state index >= 15 is 0 Å². The van der Waals surface area contributed by atoms with Crippen LogP contribution < -0.4 is 5.32 Å². The Bertz CT molecular complexity index is 1170. The maximum Gasteiger partial charge on any atom is 0.229 e. The molecule has 0 aliphatic rings. The summed E-state index contributed by atoms with van der Waals surface area (Å²) in [4.78, 5) is 31.0. The summed E-state index contributed by atoms with van der Waals surface area (Å²) in [6, 6.07) is 11.7. The van der Waals surface area contributed by atoms with Gasteiger partial charge in [-0.25, -0.2) is 9.97 Å². The number of aromatic nitrogens is 5. The molecule has 152 valence electrons. The van der Waals surface area contributed by atoms with Crippen LogP contribution in [0.15, 0.2) is 55.0 Å². The Hall–Kier alpha value is -3.81. The average molecular weight is 401 g/mol. The number of nitrogens with zero attached hydrogens (tertiary/aromatic N) is 6. The number of rotatable bonds is 6. The van der Waals surface area contributed by atoms with Gasteiger partial charge in [0.2, 0.25) is 11.9 Å². The van der Waals surface area contributed by atoms with Crippen molar-refractivity contribution in [2.45, 2.75) is 26.9 Å². The van der Waals surface area contributed by atoms with Crippen molar-refractivity contribution in [3.05, 3.63) is 60.6 Å². The highest BCUT2D eigenvalue weighted by Crippen LogP contribution is 2.24. The minimum Gasteiger partial charge on any atom is -0.342 e. The van der Waals surface area contributed by atoms with Gasteiger partial charge in [-0.2, -0.15) is 4.98 Å². The van der Waals surface area contributed by atoms with Crippen LogP contribution in [0.25, 0.3) is 22.6 Å². The predicted octanol–water partition coefficient (Wildman–Crippen LogP) is 3.63. The molecule has 30 heavy (non-hydrogen) atoms. The highest BCUT2D eigenvalue weighted by atomic mass is 16.2. The zero-order chi connectivity index (χ0) is 21.1. The molecule has 3 aromatic heterocycles. The largest absolute Gasteiger partial charge is 0.342 e. The van der Waals surface area contributed by atoms with E-state index in [2.05, 4.69) is 26.8 Å². The molecule has 0 bridgehead atoms. The molecule has 0 unspecified atom stereocenters. The van der Waals surface area contributed by atoms with Crippen LogP contribution in [-0.4, -0.2) is 42.4 Å². The second kappa shape index (κ2) is 8.28. The van der Waals surface area contributed by atoms with Crippen molar-refractivity contribution < 1.29 is 4.79 Å². The topological polar surface area (TPSA) is 88.8 Å². The Morgan fingerprint density at radius 3 is 2.50 bits per heavy atom. The number of pyridine rings is 1. The third-order valence-electron chi connectivity index (χ3n) is 4.91. The number of imidazole rings is 1. The van der Waals surface area contributed by atoms with E-state index in [1.54, 1.807) is 37.5 Å². The Morgan fingerprint density at radius 2 is 1.83 bits per heavy atom. The molecule has 0 aliphatic heterocycles. The van der Waals surface area contributed by atoms with Crippen LogP contribution in [0, 0.1) is 0 Å². The summed E-state index contributed by atoms with van der Waals surface area (Å²) in [5.74, 6) is 1.39. The van der Waals surface area contributed by atoms with E-state index in [1.165, 1.54) is 0 Å². The third kappa shape index (κ3) is 3.98.